The molecule has 0 aliphatic heterocycles. The van der Waals surface area contributed by atoms with Gasteiger partial charge in [-0.2, -0.15) is 5.10 Å². The number of ether oxygens (including phenoxy) is 1. The summed E-state index contributed by atoms with van der Waals surface area (Å²) in [6, 6.07) is 7.34. The van der Waals surface area contributed by atoms with Gasteiger partial charge in [-0.3, -0.25) is 4.79 Å². The molecular weight excluding hydrogens is 220 g/mol. The van der Waals surface area contributed by atoms with E-state index >= 15 is 0 Å². The molecule has 0 fully saturated rings. The van der Waals surface area contributed by atoms with Crippen molar-refractivity contribution in [3.05, 3.63) is 30.5 Å². The summed E-state index contributed by atoms with van der Waals surface area (Å²) < 4.78 is 6.72. The Bertz CT molecular complexity index is 536. The maximum absolute atomic E-state index is 10.4. The predicted octanol–water partition coefficient (Wildman–Crippen LogP) is 1.03. The molecule has 0 saturated heterocycles. The van der Waals surface area contributed by atoms with Gasteiger partial charge in [-0.15, -0.1) is 0 Å². The quantitative estimate of drug-likeness (QED) is 0.771. The summed E-state index contributed by atoms with van der Waals surface area (Å²) in [7, 11) is 1.57. The Kier molecular flexibility index (Phi) is 2.95. The lowest BCUT2D eigenvalue weighted by atomic mass is 10.3. The number of nitrogen functional groups attached to an aromatic ring is 1. The number of rotatable bonds is 4. The van der Waals surface area contributed by atoms with Gasteiger partial charge in [0.2, 0.25) is 6.41 Å². The Morgan fingerprint density at radius 3 is 2.94 bits per heavy atom. The van der Waals surface area contributed by atoms with Gasteiger partial charge in [-0.1, -0.05) is 12.1 Å². The standard InChI is InChI=1S/C11H12N4O2/c1-17-10-5-3-2-4-9(10)15-11(12)8(6-14-15)13-7-16/h2-7H,12H2,1H3,(H,13,16). The molecule has 0 radical (unpaired) electrons. The number of para-hydroxylation sites is 2. The minimum atomic E-state index is 0.349. The maximum atomic E-state index is 10.4. The molecule has 2 aromatic rings. The second-order valence-electron chi connectivity index (χ2n) is 3.29. The lowest BCUT2D eigenvalue weighted by Crippen LogP contribution is -2.05. The van der Waals surface area contributed by atoms with Gasteiger partial charge in [-0.05, 0) is 12.1 Å². The largest absolute Gasteiger partial charge is 0.494 e. The third-order valence-electron chi connectivity index (χ3n) is 2.33. The van der Waals surface area contributed by atoms with E-state index in [9.17, 15) is 4.79 Å². The number of aromatic nitrogens is 2. The highest BCUT2D eigenvalue weighted by Gasteiger charge is 2.11. The van der Waals surface area contributed by atoms with Crippen molar-refractivity contribution < 1.29 is 9.53 Å². The third kappa shape index (κ3) is 1.92. The van der Waals surface area contributed by atoms with Gasteiger partial charge in [0.25, 0.3) is 0 Å². The van der Waals surface area contributed by atoms with E-state index in [1.807, 2.05) is 24.3 Å². The highest BCUT2D eigenvalue weighted by Crippen LogP contribution is 2.27. The van der Waals surface area contributed by atoms with Crippen molar-refractivity contribution >= 4 is 17.9 Å². The first-order valence-corrected chi connectivity index (χ1v) is 4.95. The molecule has 1 amide bonds. The van der Waals surface area contributed by atoms with Crippen LogP contribution in [-0.4, -0.2) is 23.3 Å². The minimum absolute atomic E-state index is 0.349. The molecule has 0 aliphatic rings. The molecule has 6 nitrogen and oxygen atoms in total. The molecular formula is C11H12N4O2. The van der Waals surface area contributed by atoms with Crippen LogP contribution in [0.4, 0.5) is 11.5 Å². The number of nitrogens with one attached hydrogen (secondary N) is 1. The van der Waals surface area contributed by atoms with E-state index in [4.69, 9.17) is 10.5 Å². The van der Waals surface area contributed by atoms with E-state index in [-0.39, 0.29) is 0 Å². The van der Waals surface area contributed by atoms with Crippen molar-refractivity contribution in [3.8, 4) is 11.4 Å². The highest BCUT2D eigenvalue weighted by atomic mass is 16.5. The predicted molar refractivity (Wildman–Crippen MR) is 64.2 cm³/mol. The van der Waals surface area contributed by atoms with Crippen LogP contribution in [0.25, 0.3) is 5.69 Å². The van der Waals surface area contributed by atoms with Crippen molar-refractivity contribution in [1.82, 2.24) is 9.78 Å². The monoisotopic (exact) mass is 232 g/mol. The zero-order valence-corrected chi connectivity index (χ0v) is 9.25. The van der Waals surface area contributed by atoms with Crippen LogP contribution in [0.2, 0.25) is 0 Å². The second-order valence-corrected chi connectivity index (χ2v) is 3.29. The first-order chi connectivity index (χ1) is 8.27. The molecule has 1 aromatic carbocycles. The maximum Gasteiger partial charge on any atom is 0.211 e. The molecule has 1 heterocycles. The minimum Gasteiger partial charge on any atom is -0.494 e. The Hall–Kier alpha value is -2.50. The number of hydrogen-bond donors (Lipinski definition) is 2. The normalized spacial score (nSPS) is 9.94. The van der Waals surface area contributed by atoms with Crippen molar-refractivity contribution in [2.45, 2.75) is 0 Å². The Morgan fingerprint density at radius 2 is 2.24 bits per heavy atom. The SMILES string of the molecule is COc1ccccc1-n1ncc(NC=O)c1N. The molecule has 3 N–H and O–H groups in total. The number of carbonyl (C=O) groups is 1. The lowest BCUT2D eigenvalue weighted by Gasteiger charge is -2.09. The molecule has 6 heteroatoms. The Labute approximate surface area is 98.0 Å². The van der Waals surface area contributed by atoms with E-state index in [2.05, 4.69) is 10.4 Å². The zero-order chi connectivity index (χ0) is 12.3. The van der Waals surface area contributed by atoms with E-state index in [0.29, 0.717) is 29.4 Å². The smallest absolute Gasteiger partial charge is 0.211 e. The van der Waals surface area contributed by atoms with E-state index in [1.54, 1.807) is 7.11 Å². The van der Waals surface area contributed by atoms with Crippen molar-refractivity contribution in [2.24, 2.45) is 0 Å². The van der Waals surface area contributed by atoms with Gasteiger partial charge in [-0.25, -0.2) is 4.68 Å². The van der Waals surface area contributed by atoms with Crippen LogP contribution >= 0.6 is 0 Å². The summed E-state index contributed by atoms with van der Waals surface area (Å²) in [4.78, 5) is 10.4. The van der Waals surface area contributed by atoms with Crippen LogP contribution < -0.4 is 15.8 Å². The molecule has 0 spiro atoms. The van der Waals surface area contributed by atoms with Crippen LogP contribution in [0.15, 0.2) is 30.5 Å². The van der Waals surface area contributed by atoms with E-state index in [1.165, 1.54) is 10.9 Å². The number of benzene rings is 1. The first kappa shape index (κ1) is 11.0. The van der Waals surface area contributed by atoms with E-state index < -0.39 is 0 Å². The summed E-state index contributed by atoms with van der Waals surface area (Å²) in [5.74, 6) is 1.00. The number of methoxy groups -OCH3 is 1. The van der Waals surface area contributed by atoms with Crippen molar-refractivity contribution in [2.75, 3.05) is 18.2 Å². The average Bonchev–Trinajstić information content (AvgIpc) is 2.72. The van der Waals surface area contributed by atoms with Crippen LogP contribution in [0.5, 0.6) is 5.75 Å². The van der Waals surface area contributed by atoms with E-state index in [0.717, 1.165) is 0 Å². The number of hydrogen-bond acceptors (Lipinski definition) is 4. The number of amides is 1. The first-order valence-electron chi connectivity index (χ1n) is 4.95. The van der Waals surface area contributed by atoms with Gasteiger partial charge in [0.15, 0.2) is 5.82 Å². The molecule has 0 aliphatic carbocycles. The molecule has 0 atom stereocenters. The fourth-order valence-electron chi connectivity index (χ4n) is 1.53. The summed E-state index contributed by atoms with van der Waals surface area (Å²) in [5, 5.41) is 6.58. The fourth-order valence-corrected chi connectivity index (χ4v) is 1.53. The van der Waals surface area contributed by atoms with Gasteiger partial charge in [0.1, 0.15) is 17.1 Å². The Balaban J connectivity index is 2.49. The van der Waals surface area contributed by atoms with Gasteiger partial charge in [0.05, 0.1) is 13.3 Å². The van der Waals surface area contributed by atoms with Gasteiger partial charge < -0.3 is 15.8 Å². The molecule has 0 bridgehead atoms. The van der Waals surface area contributed by atoms with Gasteiger partial charge >= 0.3 is 0 Å². The summed E-state index contributed by atoms with van der Waals surface area (Å²) in [6.07, 6.45) is 2.04. The highest BCUT2D eigenvalue weighted by molar-refractivity contribution is 5.78. The zero-order valence-electron chi connectivity index (χ0n) is 9.25. The number of carbonyl (C=O) groups excluding carboxylic acids is 1. The summed E-state index contributed by atoms with van der Waals surface area (Å²) in [6.45, 7) is 0. The topological polar surface area (TPSA) is 82.2 Å². The fraction of sp³-hybridized carbons (Fsp3) is 0.0909. The van der Waals surface area contributed by atoms with Crippen molar-refractivity contribution in [3.63, 3.8) is 0 Å². The molecule has 17 heavy (non-hydrogen) atoms. The van der Waals surface area contributed by atoms with Crippen LogP contribution in [0, 0.1) is 0 Å². The van der Waals surface area contributed by atoms with Crippen molar-refractivity contribution in [1.29, 1.82) is 0 Å². The average molecular weight is 232 g/mol. The molecule has 1 aromatic heterocycles. The second kappa shape index (κ2) is 4.56. The van der Waals surface area contributed by atoms with Crippen LogP contribution in [-0.2, 0) is 4.79 Å². The van der Waals surface area contributed by atoms with Crippen LogP contribution in [0.3, 0.4) is 0 Å². The molecule has 0 unspecified atom stereocenters. The third-order valence-corrected chi connectivity index (χ3v) is 2.33. The lowest BCUT2D eigenvalue weighted by molar-refractivity contribution is -0.105. The summed E-state index contributed by atoms with van der Waals surface area (Å²) in [5.41, 5.74) is 7.05. The van der Waals surface area contributed by atoms with Crippen LogP contribution in [0.1, 0.15) is 0 Å². The number of anilines is 2. The summed E-state index contributed by atoms with van der Waals surface area (Å²) >= 11 is 0. The molecule has 88 valence electrons. The van der Waals surface area contributed by atoms with Gasteiger partial charge in [0, 0.05) is 0 Å². The number of nitrogens with zero attached hydrogens (tertiary/aromatic N) is 2. The number of nitrogens with two attached hydrogens (primary N) is 1. The molecule has 0 saturated carbocycles. The molecule has 2 rings (SSSR count). The Morgan fingerprint density at radius 1 is 1.47 bits per heavy atom.